The fraction of sp³-hybridized carbons (Fsp3) is 0.579. The molecule has 1 aromatic rings. The molecule has 5 nitrogen and oxygen atoms in total. The Hall–Kier alpha value is -1.66. The number of piperidine rings is 1. The van der Waals surface area contributed by atoms with Crippen molar-refractivity contribution >= 4 is 29.1 Å². The summed E-state index contributed by atoms with van der Waals surface area (Å²) in [6, 6.07) is 3.58. The number of halogens is 2. The van der Waals surface area contributed by atoms with Crippen LogP contribution in [-0.2, 0) is 9.59 Å². The van der Waals surface area contributed by atoms with Crippen LogP contribution >= 0.6 is 11.6 Å². The maximum Gasteiger partial charge on any atom is 0.241 e. The molecule has 2 unspecified atom stereocenters. The minimum absolute atomic E-state index is 0.0846. The lowest BCUT2D eigenvalue weighted by atomic mass is 9.96. The summed E-state index contributed by atoms with van der Waals surface area (Å²) < 4.78 is 13.1. The fourth-order valence-corrected chi connectivity index (χ4v) is 3.40. The third-order valence-corrected chi connectivity index (χ3v) is 5.04. The lowest BCUT2D eigenvalue weighted by Crippen LogP contribution is -2.49. The Morgan fingerprint density at radius 3 is 2.88 bits per heavy atom. The van der Waals surface area contributed by atoms with Gasteiger partial charge in [0.25, 0.3) is 0 Å². The molecule has 0 aliphatic carbocycles. The number of carbonyl (C=O) groups is 2. The van der Waals surface area contributed by atoms with Crippen LogP contribution in [0.3, 0.4) is 0 Å². The highest BCUT2D eigenvalue weighted by atomic mass is 35.5. The molecule has 1 heterocycles. The van der Waals surface area contributed by atoms with Crippen molar-refractivity contribution in [2.75, 3.05) is 25.0 Å². The zero-order valence-electron chi connectivity index (χ0n) is 15.4. The zero-order valence-corrected chi connectivity index (χ0v) is 16.1. The predicted molar refractivity (Wildman–Crippen MR) is 102 cm³/mol. The highest BCUT2D eigenvalue weighted by Crippen LogP contribution is 2.24. The van der Waals surface area contributed by atoms with Crippen molar-refractivity contribution in [1.29, 1.82) is 0 Å². The Bertz CT molecular complexity index is 641. The molecular formula is C19H27ClFN3O2. The van der Waals surface area contributed by atoms with E-state index in [1.54, 1.807) is 0 Å². The monoisotopic (exact) mass is 383 g/mol. The van der Waals surface area contributed by atoms with Crippen LogP contribution in [0.4, 0.5) is 10.1 Å². The van der Waals surface area contributed by atoms with Gasteiger partial charge in [-0.25, -0.2) is 4.39 Å². The van der Waals surface area contributed by atoms with Crippen molar-refractivity contribution in [2.24, 2.45) is 5.92 Å². The van der Waals surface area contributed by atoms with E-state index >= 15 is 0 Å². The first-order valence-electron chi connectivity index (χ1n) is 9.17. The van der Waals surface area contributed by atoms with Gasteiger partial charge in [0, 0.05) is 19.5 Å². The average molecular weight is 384 g/mol. The van der Waals surface area contributed by atoms with Crippen molar-refractivity contribution in [1.82, 2.24) is 10.2 Å². The molecule has 0 radical (unpaired) electrons. The molecule has 2 rings (SSSR count). The summed E-state index contributed by atoms with van der Waals surface area (Å²) in [5.74, 6) is -0.185. The Morgan fingerprint density at radius 2 is 2.19 bits per heavy atom. The van der Waals surface area contributed by atoms with Crippen LogP contribution in [0.1, 0.15) is 39.5 Å². The molecule has 1 fully saturated rings. The molecule has 2 atom stereocenters. The van der Waals surface area contributed by atoms with Crippen LogP contribution < -0.4 is 10.6 Å². The molecule has 2 amide bonds. The van der Waals surface area contributed by atoms with E-state index in [2.05, 4.69) is 15.5 Å². The summed E-state index contributed by atoms with van der Waals surface area (Å²) in [4.78, 5) is 26.3. The number of hydrogen-bond donors (Lipinski definition) is 2. The number of anilines is 1. The van der Waals surface area contributed by atoms with E-state index in [4.69, 9.17) is 11.6 Å². The highest BCUT2D eigenvalue weighted by Gasteiger charge is 2.27. The normalized spacial score (nSPS) is 19.0. The number of amides is 2. The summed E-state index contributed by atoms with van der Waals surface area (Å²) in [6.07, 6.45) is 3.42. The zero-order chi connectivity index (χ0) is 19.1. The van der Waals surface area contributed by atoms with Gasteiger partial charge in [-0.15, -0.1) is 0 Å². The molecule has 0 bridgehead atoms. The lowest BCUT2D eigenvalue weighted by Gasteiger charge is -2.36. The van der Waals surface area contributed by atoms with Crippen molar-refractivity contribution in [3.8, 4) is 0 Å². The average Bonchev–Trinajstić information content (AvgIpc) is 2.62. The maximum absolute atomic E-state index is 13.1. The van der Waals surface area contributed by atoms with E-state index in [0.29, 0.717) is 24.6 Å². The van der Waals surface area contributed by atoms with Gasteiger partial charge in [0.2, 0.25) is 11.8 Å². The third-order valence-electron chi connectivity index (χ3n) is 4.73. The topological polar surface area (TPSA) is 61.4 Å². The Balaban J connectivity index is 1.88. The molecule has 2 N–H and O–H groups in total. The Labute approximate surface area is 159 Å². The van der Waals surface area contributed by atoms with Crippen LogP contribution in [0.2, 0.25) is 5.02 Å². The first-order valence-corrected chi connectivity index (χ1v) is 9.55. The van der Waals surface area contributed by atoms with Gasteiger partial charge in [-0.3, -0.25) is 14.5 Å². The summed E-state index contributed by atoms with van der Waals surface area (Å²) in [5.41, 5.74) is 0.408. The molecule has 0 spiro atoms. The van der Waals surface area contributed by atoms with E-state index in [9.17, 15) is 14.0 Å². The molecule has 1 aliphatic rings. The van der Waals surface area contributed by atoms with Crippen molar-refractivity contribution in [3.63, 3.8) is 0 Å². The second-order valence-electron chi connectivity index (χ2n) is 6.85. The summed E-state index contributed by atoms with van der Waals surface area (Å²) in [5, 5.41) is 5.92. The van der Waals surface area contributed by atoms with E-state index in [-0.39, 0.29) is 22.9 Å². The molecular weight excluding hydrogens is 357 g/mol. The standard InChI is InChI=1S/C19H27ClFN3O2/c1-3-5-18(25)22-11-14-6-4-9-24(12-14)13(2)19(26)23-17-8-7-15(21)10-16(17)20/h7-8,10,13-14H,3-6,9,11-12H2,1-2H3,(H,22,25)(H,23,26). The maximum atomic E-state index is 13.1. The van der Waals surface area contributed by atoms with E-state index in [1.165, 1.54) is 18.2 Å². The van der Waals surface area contributed by atoms with E-state index in [1.807, 2.05) is 13.8 Å². The predicted octanol–water partition coefficient (Wildman–Crippen LogP) is 3.43. The van der Waals surface area contributed by atoms with Crippen LogP contribution in [0.25, 0.3) is 0 Å². The first kappa shape index (κ1) is 20.6. The summed E-state index contributed by atoms with van der Waals surface area (Å²) >= 11 is 5.98. The minimum atomic E-state index is -0.440. The molecule has 1 saturated heterocycles. The van der Waals surface area contributed by atoms with E-state index < -0.39 is 5.82 Å². The highest BCUT2D eigenvalue weighted by molar-refractivity contribution is 6.33. The first-order chi connectivity index (χ1) is 12.4. The van der Waals surface area contributed by atoms with Crippen LogP contribution in [0.5, 0.6) is 0 Å². The SMILES string of the molecule is CCCC(=O)NCC1CCCN(C(C)C(=O)Nc2ccc(F)cc2Cl)C1. The largest absolute Gasteiger partial charge is 0.356 e. The van der Waals surface area contributed by atoms with Crippen molar-refractivity contribution < 1.29 is 14.0 Å². The number of nitrogens with one attached hydrogen (secondary N) is 2. The van der Waals surface area contributed by atoms with Crippen molar-refractivity contribution in [2.45, 2.75) is 45.6 Å². The molecule has 144 valence electrons. The van der Waals surface area contributed by atoms with Gasteiger partial charge in [-0.1, -0.05) is 18.5 Å². The van der Waals surface area contributed by atoms with Gasteiger partial charge >= 0.3 is 0 Å². The molecule has 7 heteroatoms. The Kier molecular flexibility index (Phi) is 7.85. The third kappa shape index (κ3) is 5.95. The molecule has 0 saturated carbocycles. The second-order valence-corrected chi connectivity index (χ2v) is 7.25. The van der Waals surface area contributed by atoms with Gasteiger partial charge in [0.05, 0.1) is 16.8 Å². The van der Waals surface area contributed by atoms with E-state index in [0.717, 1.165) is 32.4 Å². The van der Waals surface area contributed by atoms with Crippen LogP contribution in [0, 0.1) is 11.7 Å². The molecule has 0 aromatic heterocycles. The van der Waals surface area contributed by atoms with Gasteiger partial charge < -0.3 is 10.6 Å². The smallest absolute Gasteiger partial charge is 0.241 e. The summed E-state index contributed by atoms with van der Waals surface area (Å²) in [7, 11) is 0. The number of rotatable bonds is 7. The molecule has 26 heavy (non-hydrogen) atoms. The Morgan fingerprint density at radius 1 is 1.42 bits per heavy atom. The van der Waals surface area contributed by atoms with Gasteiger partial charge in [0.15, 0.2) is 0 Å². The minimum Gasteiger partial charge on any atom is -0.356 e. The number of benzene rings is 1. The molecule has 1 aliphatic heterocycles. The fourth-order valence-electron chi connectivity index (χ4n) is 3.18. The van der Waals surface area contributed by atoms with Crippen LogP contribution in [-0.4, -0.2) is 42.4 Å². The number of nitrogens with zero attached hydrogens (tertiary/aromatic N) is 1. The number of likely N-dealkylation sites (tertiary alicyclic amines) is 1. The molecule has 1 aromatic carbocycles. The van der Waals surface area contributed by atoms with Gasteiger partial charge in [-0.05, 0) is 56.8 Å². The number of hydrogen-bond acceptors (Lipinski definition) is 3. The lowest BCUT2D eigenvalue weighted by molar-refractivity contribution is -0.123. The van der Waals surface area contributed by atoms with Crippen LogP contribution in [0.15, 0.2) is 18.2 Å². The number of carbonyl (C=O) groups excluding carboxylic acids is 2. The van der Waals surface area contributed by atoms with Crippen molar-refractivity contribution in [3.05, 3.63) is 29.0 Å². The quantitative estimate of drug-likeness (QED) is 0.758. The van der Waals surface area contributed by atoms with Gasteiger partial charge in [0.1, 0.15) is 5.82 Å². The second kappa shape index (κ2) is 9.88. The van der Waals surface area contributed by atoms with Gasteiger partial charge in [-0.2, -0.15) is 0 Å². The summed E-state index contributed by atoms with van der Waals surface area (Å²) in [6.45, 7) is 6.08.